The molecule has 1 aliphatic rings. The van der Waals surface area contributed by atoms with E-state index in [-0.39, 0.29) is 0 Å². The zero-order valence-corrected chi connectivity index (χ0v) is 33.6. The first-order valence-corrected chi connectivity index (χ1v) is 21.0. The number of aromatic nitrogens is 3. The summed E-state index contributed by atoms with van der Waals surface area (Å²) in [7, 11) is 0. The standard InChI is InChI=1S/C58H37N3O/c1-5-17-38(18-6-1)39-31-33-41(34-32-39)56-59-55(40-19-7-2-8-20-40)60-57(61-56)43-22-15-21-42(35-43)46-28-16-29-48-50-36-49-47-27-13-14-30-51(47)58(44-23-9-3-10-24-44,45-25-11-4-12-26-45)52(49)37-53(50)62-54(46)48/h1-37H. The number of rotatable bonds is 7. The highest BCUT2D eigenvalue weighted by Gasteiger charge is 2.46. The van der Waals surface area contributed by atoms with Crippen LogP contribution in [-0.4, -0.2) is 15.0 Å². The number of hydrogen-bond acceptors (Lipinski definition) is 4. The fraction of sp³-hybridized carbons (Fsp3) is 0.0172. The maximum atomic E-state index is 7.03. The molecule has 12 rings (SSSR count). The Balaban J connectivity index is 1.000. The fourth-order valence-electron chi connectivity index (χ4n) is 9.58. The first-order valence-electron chi connectivity index (χ1n) is 21.0. The van der Waals surface area contributed by atoms with Crippen LogP contribution in [0.5, 0.6) is 0 Å². The van der Waals surface area contributed by atoms with E-state index in [1.54, 1.807) is 0 Å². The predicted molar refractivity (Wildman–Crippen MR) is 252 cm³/mol. The van der Waals surface area contributed by atoms with Crippen LogP contribution in [0.3, 0.4) is 0 Å². The molecule has 1 aliphatic carbocycles. The van der Waals surface area contributed by atoms with Crippen molar-refractivity contribution in [2.45, 2.75) is 5.41 Å². The molecule has 9 aromatic carbocycles. The molecule has 0 aliphatic heterocycles. The lowest BCUT2D eigenvalue weighted by molar-refractivity contribution is 0.667. The summed E-state index contributed by atoms with van der Waals surface area (Å²) in [6.45, 7) is 0. The van der Waals surface area contributed by atoms with E-state index in [1.165, 1.54) is 38.9 Å². The third-order valence-corrected chi connectivity index (χ3v) is 12.4. The Hall–Kier alpha value is -8.21. The van der Waals surface area contributed by atoms with Gasteiger partial charge in [0.1, 0.15) is 11.2 Å². The van der Waals surface area contributed by atoms with Gasteiger partial charge in [0.15, 0.2) is 17.5 Å². The molecule has 4 heteroatoms. The van der Waals surface area contributed by atoms with Crippen molar-refractivity contribution in [3.8, 4) is 67.5 Å². The summed E-state index contributed by atoms with van der Waals surface area (Å²) in [6.07, 6.45) is 0. The summed E-state index contributed by atoms with van der Waals surface area (Å²) in [4.78, 5) is 15.2. The van der Waals surface area contributed by atoms with Crippen molar-refractivity contribution < 1.29 is 4.42 Å². The second kappa shape index (κ2) is 14.5. The van der Waals surface area contributed by atoms with Gasteiger partial charge < -0.3 is 4.42 Å². The summed E-state index contributed by atoms with van der Waals surface area (Å²) in [5.41, 5.74) is 15.7. The monoisotopic (exact) mass is 791 g/mol. The minimum Gasteiger partial charge on any atom is -0.455 e. The first-order chi connectivity index (χ1) is 30.7. The predicted octanol–water partition coefficient (Wildman–Crippen LogP) is 14.5. The Morgan fingerprint density at radius 2 is 0.790 bits per heavy atom. The molecule has 0 atom stereocenters. The number of nitrogens with zero attached hydrogens (tertiary/aromatic N) is 3. The molecule has 0 amide bonds. The number of fused-ring (bicyclic) bond motifs is 6. The van der Waals surface area contributed by atoms with Crippen molar-refractivity contribution >= 4 is 21.9 Å². The quantitative estimate of drug-likeness (QED) is 0.161. The molecule has 0 saturated carbocycles. The van der Waals surface area contributed by atoms with E-state index in [4.69, 9.17) is 19.4 Å². The molecule has 2 aromatic heterocycles. The Morgan fingerprint density at radius 3 is 1.47 bits per heavy atom. The van der Waals surface area contributed by atoms with Gasteiger partial charge in [-0.1, -0.05) is 206 Å². The van der Waals surface area contributed by atoms with Gasteiger partial charge in [0, 0.05) is 33.0 Å². The number of furan rings is 1. The molecule has 0 spiro atoms. The van der Waals surface area contributed by atoms with Gasteiger partial charge in [-0.15, -0.1) is 0 Å². The van der Waals surface area contributed by atoms with Crippen LogP contribution in [0, 0.1) is 0 Å². The molecule has 0 fully saturated rings. The average Bonchev–Trinajstić information content (AvgIpc) is 3.87. The molecule has 290 valence electrons. The molecule has 0 bridgehead atoms. The summed E-state index contributed by atoms with van der Waals surface area (Å²) < 4.78 is 7.03. The second-order valence-corrected chi connectivity index (χ2v) is 15.9. The van der Waals surface area contributed by atoms with Crippen LogP contribution in [-0.2, 0) is 5.41 Å². The smallest absolute Gasteiger partial charge is 0.164 e. The average molecular weight is 792 g/mol. The van der Waals surface area contributed by atoms with Gasteiger partial charge in [-0.05, 0) is 68.3 Å². The maximum Gasteiger partial charge on any atom is 0.164 e. The van der Waals surface area contributed by atoms with Gasteiger partial charge in [-0.3, -0.25) is 0 Å². The third kappa shape index (κ3) is 5.72. The molecular weight excluding hydrogens is 755 g/mol. The van der Waals surface area contributed by atoms with Crippen molar-refractivity contribution in [2.24, 2.45) is 0 Å². The summed E-state index contributed by atoms with van der Waals surface area (Å²) >= 11 is 0. The highest BCUT2D eigenvalue weighted by atomic mass is 16.3. The topological polar surface area (TPSA) is 51.8 Å². The zero-order valence-electron chi connectivity index (χ0n) is 33.6. The van der Waals surface area contributed by atoms with Crippen LogP contribution >= 0.6 is 0 Å². The van der Waals surface area contributed by atoms with Crippen LogP contribution in [0.25, 0.3) is 89.5 Å². The maximum absolute atomic E-state index is 7.03. The van der Waals surface area contributed by atoms with Gasteiger partial charge in [0.2, 0.25) is 0 Å². The highest BCUT2D eigenvalue weighted by Crippen LogP contribution is 2.57. The van der Waals surface area contributed by atoms with Gasteiger partial charge >= 0.3 is 0 Å². The van der Waals surface area contributed by atoms with Crippen LogP contribution in [0.2, 0.25) is 0 Å². The van der Waals surface area contributed by atoms with Crippen molar-refractivity contribution in [3.05, 3.63) is 247 Å². The molecule has 0 saturated heterocycles. The summed E-state index contributed by atoms with van der Waals surface area (Å²) in [5.74, 6) is 1.85. The number of benzene rings is 9. The Labute approximate surface area is 359 Å². The van der Waals surface area contributed by atoms with E-state index in [2.05, 4.69) is 188 Å². The largest absolute Gasteiger partial charge is 0.455 e. The van der Waals surface area contributed by atoms with Crippen LogP contribution in [0.15, 0.2) is 229 Å². The van der Waals surface area contributed by atoms with E-state index in [9.17, 15) is 0 Å². The minimum absolute atomic E-state index is 0.509. The molecule has 0 radical (unpaired) electrons. The normalized spacial score (nSPS) is 12.6. The van der Waals surface area contributed by atoms with Crippen molar-refractivity contribution in [3.63, 3.8) is 0 Å². The third-order valence-electron chi connectivity index (χ3n) is 12.4. The number of hydrogen-bond donors (Lipinski definition) is 0. The summed E-state index contributed by atoms with van der Waals surface area (Å²) in [6, 6.07) is 79.2. The van der Waals surface area contributed by atoms with Gasteiger partial charge in [-0.25, -0.2) is 15.0 Å². The van der Waals surface area contributed by atoms with Gasteiger partial charge in [0.25, 0.3) is 0 Å². The molecule has 11 aromatic rings. The van der Waals surface area contributed by atoms with Crippen LogP contribution in [0.1, 0.15) is 22.3 Å². The fourth-order valence-corrected chi connectivity index (χ4v) is 9.58. The van der Waals surface area contributed by atoms with Crippen LogP contribution in [0.4, 0.5) is 0 Å². The SMILES string of the molecule is c1ccc(-c2ccc(-c3nc(-c4ccccc4)nc(-c4cccc(-c5cccc6c5oc5cc7c(cc56)-c5ccccc5C7(c5ccccc5)c5ccccc5)c4)n3)cc2)cc1. The van der Waals surface area contributed by atoms with Crippen molar-refractivity contribution in [1.29, 1.82) is 0 Å². The Morgan fingerprint density at radius 1 is 0.306 bits per heavy atom. The lowest BCUT2D eigenvalue weighted by atomic mass is 9.67. The Kier molecular flexibility index (Phi) is 8.36. The lowest BCUT2D eigenvalue weighted by Crippen LogP contribution is -2.28. The molecule has 62 heavy (non-hydrogen) atoms. The minimum atomic E-state index is -0.509. The molecule has 4 nitrogen and oxygen atoms in total. The summed E-state index contributed by atoms with van der Waals surface area (Å²) in [5, 5.41) is 2.17. The van der Waals surface area contributed by atoms with E-state index in [0.717, 1.165) is 55.3 Å². The highest BCUT2D eigenvalue weighted by molar-refractivity contribution is 6.12. The molecule has 0 unspecified atom stereocenters. The van der Waals surface area contributed by atoms with Crippen molar-refractivity contribution in [1.82, 2.24) is 15.0 Å². The van der Waals surface area contributed by atoms with Crippen LogP contribution < -0.4 is 0 Å². The lowest BCUT2D eigenvalue weighted by Gasteiger charge is -2.33. The second-order valence-electron chi connectivity index (χ2n) is 15.9. The molecular formula is C58H37N3O. The van der Waals surface area contributed by atoms with E-state index in [1.807, 2.05) is 36.4 Å². The van der Waals surface area contributed by atoms with Gasteiger partial charge in [-0.2, -0.15) is 0 Å². The van der Waals surface area contributed by atoms with Gasteiger partial charge in [0.05, 0.1) is 5.41 Å². The Bertz CT molecular complexity index is 3390. The number of para-hydroxylation sites is 1. The first kappa shape index (κ1) is 35.7. The van der Waals surface area contributed by atoms with E-state index >= 15 is 0 Å². The molecule has 2 heterocycles. The van der Waals surface area contributed by atoms with E-state index < -0.39 is 5.41 Å². The zero-order chi connectivity index (χ0) is 41.0. The van der Waals surface area contributed by atoms with E-state index in [0.29, 0.717) is 17.5 Å². The molecule has 0 N–H and O–H groups in total. The van der Waals surface area contributed by atoms with Crippen molar-refractivity contribution in [2.75, 3.05) is 0 Å².